The minimum atomic E-state index is -3.25. The molecule has 2 aliphatic rings. The molecule has 1 N–H and O–H groups in total. The maximum Gasteiger partial charge on any atom is 0.272 e. The predicted molar refractivity (Wildman–Crippen MR) is 98.5 cm³/mol. The molecule has 27 heavy (non-hydrogen) atoms. The van der Waals surface area contributed by atoms with Gasteiger partial charge in [0.1, 0.15) is 6.61 Å². The van der Waals surface area contributed by atoms with E-state index in [0.29, 0.717) is 64.0 Å². The lowest BCUT2D eigenvalue weighted by Crippen LogP contribution is -2.51. The number of hydrogen-bond donors (Lipinski definition) is 1. The van der Waals surface area contributed by atoms with Crippen LogP contribution in [0.25, 0.3) is 0 Å². The van der Waals surface area contributed by atoms with Gasteiger partial charge in [0.15, 0.2) is 5.69 Å². The maximum atomic E-state index is 12.3. The summed E-state index contributed by atoms with van der Waals surface area (Å²) >= 11 is 0. The van der Waals surface area contributed by atoms with Gasteiger partial charge in [-0.15, -0.1) is 0 Å². The van der Waals surface area contributed by atoms with Crippen LogP contribution in [0.15, 0.2) is 0 Å². The van der Waals surface area contributed by atoms with Gasteiger partial charge in [-0.3, -0.25) is 9.69 Å². The number of sulfonamides is 1. The van der Waals surface area contributed by atoms with Crippen molar-refractivity contribution in [2.24, 2.45) is 0 Å². The number of hydrogen-bond acceptors (Lipinski definition) is 7. The Kier molecular flexibility index (Phi) is 6.35. The van der Waals surface area contributed by atoms with Crippen molar-refractivity contribution in [3.63, 3.8) is 0 Å². The Hall–Kier alpha value is -1.69. The highest BCUT2D eigenvalue weighted by Crippen LogP contribution is 2.25. The Morgan fingerprint density at radius 2 is 2.00 bits per heavy atom. The second kappa shape index (κ2) is 8.55. The van der Waals surface area contributed by atoms with Crippen molar-refractivity contribution in [2.45, 2.75) is 13.5 Å². The van der Waals surface area contributed by atoms with Crippen LogP contribution in [-0.4, -0.2) is 98.7 Å². The molecule has 152 valence electrons. The average molecular weight is 401 g/mol. The molecule has 3 rings (SSSR count). The summed E-state index contributed by atoms with van der Waals surface area (Å²) in [7, 11) is -1.76. The summed E-state index contributed by atoms with van der Waals surface area (Å²) in [5.74, 6) is 0.474. The number of piperazine rings is 1. The normalized spacial score (nSPS) is 18.3. The summed E-state index contributed by atoms with van der Waals surface area (Å²) in [5.41, 5.74) is 1.17. The minimum Gasteiger partial charge on any atom is -0.476 e. The van der Waals surface area contributed by atoms with E-state index in [-0.39, 0.29) is 18.3 Å². The molecule has 1 aromatic rings. The van der Waals surface area contributed by atoms with E-state index in [1.54, 1.807) is 4.68 Å². The number of methoxy groups -OCH3 is 1. The first-order chi connectivity index (χ1) is 12.9. The maximum absolute atomic E-state index is 12.3. The first-order valence-electron chi connectivity index (χ1n) is 9.10. The molecular formula is C16H27N5O5S. The lowest BCUT2D eigenvalue weighted by atomic mass is 10.2. The highest BCUT2D eigenvalue weighted by molar-refractivity contribution is 7.89. The number of carbonyl (C=O) groups excluding carboxylic acids is 1. The topological polar surface area (TPSA) is 106 Å². The Balaban J connectivity index is 1.41. The van der Waals surface area contributed by atoms with Crippen LogP contribution in [-0.2, 0) is 21.3 Å². The molecule has 0 saturated carbocycles. The standard InChI is InChI=1S/C16H27N5O5S/c1-13-14(18-21-9-10-26-16(13)21)15(22)17-3-4-19-5-7-20(8-6-19)27(23,24)12-11-25-2/h3-12H2,1-2H3,(H,17,22). The fraction of sp³-hybridized carbons (Fsp3) is 0.750. The Morgan fingerprint density at radius 1 is 1.26 bits per heavy atom. The van der Waals surface area contributed by atoms with Gasteiger partial charge in [0, 0.05) is 51.9 Å². The fourth-order valence-electron chi connectivity index (χ4n) is 3.28. The second-order valence-electron chi connectivity index (χ2n) is 6.66. The molecule has 0 atom stereocenters. The molecule has 0 radical (unpaired) electrons. The molecule has 10 nitrogen and oxygen atoms in total. The fourth-order valence-corrected chi connectivity index (χ4v) is 4.63. The number of nitrogens with one attached hydrogen (secondary N) is 1. The molecule has 0 aromatic carbocycles. The van der Waals surface area contributed by atoms with Crippen molar-refractivity contribution in [1.82, 2.24) is 24.3 Å². The zero-order chi connectivity index (χ0) is 19.4. The zero-order valence-corrected chi connectivity index (χ0v) is 16.6. The van der Waals surface area contributed by atoms with Gasteiger partial charge >= 0.3 is 0 Å². The molecule has 1 fully saturated rings. The van der Waals surface area contributed by atoms with Crippen molar-refractivity contribution in [3.8, 4) is 5.88 Å². The van der Waals surface area contributed by atoms with Gasteiger partial charge in [-0.25, -0.2) is 13.1 Å². The summed E-state index contributed by atoms with van der Waals surface area (Å²) in [6.07, 6.45) is 0. The SMILES string of the molecule is COCCS(=O)(=O)N1CCN(CCNC(=O)c2nn3c(c2C)OCC3)CC1. The molecule has 1 amide bonds. The van der Waals surface area contributed by atoms with Crippen LogP contribution in [0, 0.1) is 6.92 Å². The van der Waals surface area contributed by atoms with Crippen LogP contribution in [0.2, 0.25) is 0 Å². The first kappa shape index (κ1) is 20.1. The van der Waals surface area contributed by atoms with E-state index < -0.39 is 10.0 Å². The molecule has 1 saturated heterocycles. The lowest BCUT2D eigenvalue weighted by molar-refractivity contribution is 0.0938. The molecule has 2 aliphatic heterocycles. The van der Waals surface area contributed by atoms with Gasteiger partial charge in [0.2, 0.25) is 15.9 Å². The van der Waals surface area contributed by atoms with Crippen LogP contribution in [0.1, 0.15) is 16.1 Å². The van der Waals surface area contributed by atoms with Crippen molar-refractivity contribution >= 4 is 15.9 Å². The summed E-state index contributed by atoms with van der Waals surface area (Å²) in [4.78, 5) is 14.5. The number of amides is 1. The van der Waals surface area contributed by atoms with Gasteiger partial charge < -0.3 is 14.8 Å². The predicted octanol–water partition coefficient (Wildman–Crippen LogP) is -1.09. The average Bonchev–Trinajstić information content (AvgIpc) is 3.23. The van der Waals surface area contributed by atoms with Crippen LogP contribution < -0.4 is 10.1 Å². The molecule has 0 spiro atoms. The van der Waals surface area contributed by atoms with E-state index in [2.05, 4.69) is 15.3 Å². The van der Waals surface area contributed by atoms with E-state index in [9.17, 15) is 13.2 Å². The quantitative estimate of drug-likeness (QED) is 0.590. The minimum absolute atomic E-state index is 0.0112. The third-order valence-corrected chi connectivity index (χ3v) is 6.71. The van der Waals surface area contributed by atoms with Gasteiger partial charge in [-0.2, -0.15) is 9.40 Å². The van der Waals surface area contributed by atoms with Crippen molar-refractivity contribution in [2.75, 3.05) is 65.3 Å². The number of fused-ring (bicyclic) bond motifs is 1. The van der Waals surface area contributed by atoms with Crippen LogP contribution >= 0.6 is 0 Å². The Bertz CT molecular complexity index is 770. The van der Waals surface area contributed by atoms with Gasteiger partial charge in [0.05, 0.1) is 18.9 Å². The van der Waals surface area contributed by atoms with Gasteiger partial charge in [-0.1, -0.05) is 0 Å². The van der Waals surface area contributed by atoms with Gasteiger partial charge in [-0.05, 0) is 6.92 Å². The first-order valence-corrected chi connectivity index (χ1v) is 10.7. The second-order valence-corrected chi connectivity index (χ2v) is 8.74. The molecule has 0 bridgehead atoms. The number of rotatable bonds is 8. The molecule has 1 aromatic heterocycles. The number of aromatic nitrogens is 2. The molecule has 11 heteroatoms. The zero-order valence-electron chi connectivity index (χ0n) is 15.8. The van der Waals surface area contributed by atoms with E-state index in [0.717, 1.165) is 5.56 Å². The molecule has 0 aliphatic carbocycles. The van der Waals surface area contributed by atoms with E-state index in [1.165, 1.54) is 11.4 Å². The lowest BCUT2D eigenvalue weighted by Gasteiger charge is -2.33. The van der Waals surface area contributed by atoms with Crippen LogP contribution in [0.5, 0.6) is 5.88 Å². The number of ether oxygens (including phenoxy) is 2. The summed E-state index contributed by atoms with van der Waals surface area (Å²) in [6, 6.07) is 0. The number of carbonyl (C=O) groups is 1. The number of nitrogens with zero attached hydrogens (tertiary/aromatic N) is 4. The van der Waals surface area contributed by atoms with E-state index in [1.807, 2.05) is 6.92 Å². The summed E-state index contributed by atoms with van der Waals surface area (Å²) in [5, 5.41) is 7.18. The highest BCUT2D eigenvalue weighted by Gasteiger charge is 2.27. The molecular weight excluding hydrogens is 374 g/mol. The Labute approximate surface area is 159 Å². The summed E-state index contributed by atoms with van der Waals surface area (Å²) < 4.78 is 37.9. The van der Waals surface area contributed by atoms with E-state index >= 15 is 0 Å². The van der Waals surface area contributed by atoms with Gasteiger partial charge in [0.25, 0.3) is 5.91 Å². The van der Waals surface area contributed by atoms with Crippen LogP contribution in [0.3, 0.4) is 0 Å². The smallest absolute Gasteiger partial charge is 0.272 e. The molecule has 0 unspecified atom stereocenters. The van der Waals surface area contributed by atoms with E-state index in [4.69, 9.17) is 9.47 Å². The molecule has 3 heterocycles. The monoisotopic (exact) mass is 401 g/mol. The highest BCUT2D eigenvalue weighted by atomic mass is 32.2. The van der Waals surface area contributed by atoms with Crippen molar-refractivity contribution in [3.05, 3.63) is 11.3 Å². The van der Waals surface area contributed by atoms with Crippen LogP contribution in [0.4, 0.5) is 0 Å². The van der Waals surface area contributed by atoms with Crippen molar-refractivity contribution in [1.29, 1.82) is 0 Å². The third kappa shape index (κ3) is 4.60. The Morgan fingerprint density at radius 3 is 2.67 bits per heavy atom. The largest absolute Gasteiger partial charge is 0.476 e. The summed E-state index contributed by atoms with van der Waals surface area (Å²) in [6.45, 7) is 6.67. The van der Waals surface area contributed by atoms with Crippen molar-refractivity contribution < 1.29 is 22.7 Å². The third-order valence-electron chi connectivity index (χ3n) is 4.87.